The Labute approximate surface area is 152 Å². The maximum atomic E-state index is 13.6. The van der Waals surface area contributed by atoms with Gasteiger partial charge in [0.25, 0.3) is 5.91 Å². The van der Waals surface area contributed by atoms with Gasteiger partial charge in [-0.05, 0) is 62.0 Å². The van der Waals surface area contributed by atoms with Gasteiger partial charge >= 0.3 is 0 Å². The molecule has 0 spiro atoms. The van der Waals surface area contributed by atoms with Crippen molar-refractivity contribution in [2.24, 2.45) is 11.7 Å². The molecule has 138 valence electrons. The lowest BCUT2D eigenvalue weighted by Gasteiger charge is -2.26. The summed E-state index contributed by atoms with van der Waals surface area (Å²) in [5, 5.41) is 2.92. The highest BCUT2D eigenvalue weighted by Gasteiger charge is 2.23. The van der Waals surface area contributed by atoms with Gasteiger partial charge in [-0.3, -0.25) is 4.79 Å². The number of thioether (sulfide) groups is 1. The molecule has 1 amide bonds. The number of hydrogen-bond donors (Lipinski definition) is 2. The van der Waals surface area contributed by atoms with Crippen molar-refractivity contribution in [3.63, 3.8) is 0 Å². The minimum atomic E-state index is -0.527. The second-order valence-corrected chi connectivity index (χ2v) is 8.15. The SMILES string of the molecule is NC1CCC(CNC(=O)c2cc(F)cnc2OC2CCSCC2)CC1. The van der Waals surface area contributed by atoms with Crippen molar-refractivity contribution in [2.45, 2.75) is 50.7 Å². The fraction of sp³-hybridized carbons (Fsp3) is 0.667. The van der Waals surface area contributed by atoms with Crippen LogP contribution in [0, 0.1) is 11.7 Å². The average molecular weight is 367 g/mol. The molecule has 7 heteroatoms. The van der Waals surface area contributed by atoms with E-state index in [1.807, 2.05) is 11.8 Å². The summed E-state index contributed by atoms with van der Waals surface area (Å²) >= 11 is 1.90. The van der Waals surface area contributed by atoms with Gasteiger partial charge in [0.05, 0.1) is 6.20 Å². The first kappa shape index (κ1) is 18.5. The number of carbonyl (C=O) groups is 1. The van der Waals surface area contributed by atoms with Gasteiger partial charge in [0.1, 0.15) is 17.5 Å². The van der Waals surface area contributed by atoms with E-state index in [1.54, 1.807) is 0 Å². The fourth-order valence-corrected chi connectivity index (χ4v) is 4.42. The van der Waals surface area contributed by atoms with Gasteiger partial charge in [0.15, 0.2) is 0 Å². The van der Waals surface area contributed by atoms with Crippen molar-refractivity contribution in [1.29, 1.82) is 0 Å². The van der Waals surface area contributed by atoms with Crippen LogP contribution in [0.1, 0.15) is 48.9 Å². The Kier molecular flexibility index (Phi) is 6.53. The molecule has 25 heavy (non-hydrogen) atoms. The first-order valence-corrected chi connectivity index (χ1v) is 10.2. The second-order valence-electron chi connectivity index (χ2n) is 6.93. The third kappa shape index (κ3) is 5.31. The monoisotopic (exact) mass is 367 g/mol. The number of nitrogens with two attached hydrogens (primary N) is 1. The van der Waals surface area contributed by atoms with E-state index in [-0.39, 0.29) is 29.5 Å². The van der Waals surface area contributed by atoms with Crippen LogP contribution in [0.25, 0.3) is 0 Å². The van der Waals surface area contributed by atoms with Crippen LogP contribution < -0.4 is 15.8 Å². The summed E-state index contributed by atoms with van der Waals surface area (Å²) in [4.78, 5) is 16.6. The molecule has 0 aromatic carbocycles. The molecule has 5 nitrogen and oxygen atoms in total. The molecule has 1 aliphatic carbocycles. The maximum Gasteiger partial charge on any atom is 0.256 e. The van der Waals surface area contributed by atoms with Gasteiger partial charge in [-0.25, -0.2) is 9.37 Å². The quantitative estimate of drug-likeness (QED) is 0.837. The first-order chi connectivity index (χ1) is 12.1. The first-order valence-electron chi connectivity index (χ1n) is 9.05. The van der Waals surface area contributed by atoms with Crippen LogP contribution in [0.15, 0.2) is 12.3 Å². The second kappa shape index (κ2) is 8.85. The molecular formula is C18H26FN3O2S. The normalized spacial score (nSPS) is 24.7. The molecule has 1 aliphatic heterocycles. The van der Waals surface area contributed by atoms with Crippen LogP contribution in [-0.2, 0) is 0 Å². The summed E-state index contributed by atoms with van der Waals surface area (Å²) in [7, 11) is 0. The Hall–Kier alpha value is -1.34. The lowest BCUT2D eigenvalue weighted by molar-refractivity contribution is 0.0932. The number of hydrogen-bond acceptors (Lipinski definition) is 5. The molecule has 1 saturated heterocycles. The summed E-state index contributed by atoms with van der Waals surface area (Å²) in [5.41, 5.74) is 6.10. The van der Waals surface area contributed by atoms with Crippen molar-refractivity contribution in [1.82, 2.24) is 10.3 Å². The van der Waals surface area contributed by atoms with Gasteiger partial charge in [0.2, 0.25) is 5.88 Å². The van der Waals surface area contributed by atoms with Crippen LogP contribution in [-0.4, -0.2) is 41.1 Å². The Morgan fingerprint density at radius 1 is 1.28 bits per heavy atom. The summed E-state index contributed by atoms with van der Waals surface area (Å²) in [6, 6.07) is 1.50. The van der Waals surface area contributed by atoms with Crippen molar-refractivity contribution in [3.05, 3.63) is 23.6 Å². The molecule has 2 heterocycles. The number of nitrogens with one attached hydrogen (secondary N) is 1. The zero-order chi connectivity index (χ0) is 17.6. The molecule has 2 aliphatic rings. The predicted molar refractivity (Wildman–Crippen MR) is 97.4 cm³/mol. The summed E-state index contributed by atoms with van der Waals surface area (Å²) in [5.74, 6) is 1.91. The van der Waals surface area contributed by atoms with E-state index in [1.165, 1.54) is 6.07 Å². The van der Waals surface area contributed by atoms with Gasteiger partial charge in [-0.1, -0.05) is 0 Å². The summed E-state index contributed by atoms with van der Waals surface area (Å²) in [6.45, 7) is 0.585. The standard InChI is InChI=1S/C18H26FN3O2S/c19-13-9-16(17(23)21-10-12-1-3-14(20)4-2-12)18(22-11-13)24-15-5-7-25-8-6-15/h9,11-12,14-15H,1-8,10,20H2,(H,21,23). The molecule has 1 saturated carbocycles. The number of halogens is 1. The van der Waals surface area contributed by atoms with Crippen LogP contribution in [0.5, 0.6) is 5.88 Å². The molecule has 2 fully saturated rings. The highest BCUT2D eigenvalue weighted by atomic mass is 32.2. The predicted octanol–water partition coefficient (Wildman–Crippen LogP) is 2.74. The number of amides is 1. The van der Waals surface area contributed by atoms with Gasteiger partial charge in [-0.15, -0.1) is 0 Å². The largest absolute Gasteiger partial charge is 0.474 e. The number of nitrogens with zero attached hydrogens (tertiary/aromatic N) is 1. The lowest BCUT2D eigenvalue weighted by atomic mass is 9.86. The van der Waals surface area contributed by atoms with Crippen LogP contribution in [0.2, 0.25) is 0 Å². The number of pyridine rings is 1. The number of rotatable bonds is 5. The minimum absolute atomic E-state index is 0.0468. The van der Waals surface area contributed by atoms with E-state index in [9.17, 15) is 9.18 Å². The van der Waals surface area contributed by atoms with E-state index >= 15 is 0 Å². The molecule has 0 unspecified atom stereocenters. The van der Waals surface area contributed by atoms with E-state index in [2.05, 4.69) is 10.3 Å². The molecular weight excluding hydrogens is 341 g/mol. The van der Waals surface area contributed by atoms with Crippen molar-refractivity contribution in [3.8, 4) is 5.88 Å². The Bertz CT molecular complexity index is 588. The Morgan fingerprint density at radius 2 is 2.00 bits per heavy atom. The highest BCUT2D eigenvalue weighted by molar-refractivity contribution is 7.99. The molecule has 0 bridgehead atoms. The Balaban J connectivity index is 1.61. The zero-order valence-electron chi connectivity index (χ0n) is 14.4. The van der Waals surface area contributed by atoms with Gasteiger partial charge in [0, 0.05) is 12.6 Å². The fourth-order valence-electron chi connectivity index (χ4n) is 3.36. The molecule has 0 radical (unpaired) electrons. The molecule has 0 atom stereocenters. The van der Waals surface area contributed by atoms with E-state index in [0.717, 1.165) is 56.2 Å². The molecule has 3 N–H and O–H groups in total. The molecule has 1 aromatic heterocycles. The topological polar surface area (TPSA) is 77.2 Å². The van der Waals surface area contributed by atoms with Crippen LogP contribution in [0.4, 0.5) is 4.39 Å². The van der Waals surface area contributed by atoms with E-state index in [4.69, 9.17) is 10.5 Å². The van der Waals surface area contributed by atoms with E-state index < -0.39 is 5.82 Å². The number of aromatic nitrogens is 1. The number of ether oxygens (including phenoxy) is 1. The Morgan fingerprint density at radius 3 is 2.72 bits per heavy atom. The molecule has 3 rings (SSSR count). The smallest absolute Gasteiger partial charge is 0.256 e. The molecule has 1 aromatic rings. The van der Waals surface area contributed by atoms with Crippen molar-refractivity contribution < 1.29 is 13.9 Å². The highest BCUT2D eigenvalue weighted by Crippen LogP contribution is 2.25. The number of carbonyl (C=O) groups excluding carboxylic acids is 1. The van der Waals surface area contributed by atoms with E-state index in [0.29, 0.717) is 12.5 Å². The third-order valence-electron chi connectivity index (χ3n) is 4.95. The maximum absolute atomic E-state index is 13.6. The van der Waals surface area contributed by atoms with Crippen LogP contribution >= 0.6 is 11.8 Å². The summed E-state index contributed by atoms with van der Waals surface area (Å²) < 4.78 is 19.5. The third-order valence-corrected chi connectivity index (χ3v) is 6.00. The minimum Gasteiger partial charge on any atom is -0.474 e. The zero-order valence-corrected chi connectivity index (χ0v) is 15.2. The van der Waals surface area contributed by atoms with Gasteiger partial charge < -0.3 is 15.8 Å². The lowest BCUT2D eigenvalue weighted by Crippen LogP contribution is -2.34. The van der Waals surface area contributed by atoms with Gasteiger partial charge in [-0.2, -0.15) is 11.8 Å². The average Bonchev–Trinajstić information content (AvgIpc) is 2.63. The summed E-state index contributed by atoms with van der Waals surface area (Å²) in [6.07, 6.45) is 7.03. The van der Waals surface area contributed by atoms with Crippen molar-refractivity contribution >= 4 is 17.7 Å². The van der Waals surface area contributed by atoms with Crippen LogP contribution in [0.3, 0.4) is 0 Å². The van der Waals surface area contributed by atoms with Crippen molar-refractivity contribution in [2.75, 3.05) is 18.1 Å².